The van der Waals surface area contributed by atoms with Crippen molar-refractivity contribution in [3.63, 3.8) is 0 Å². The van der Waals surface area contributed by atoms with E-state index in [1.807, 2.05) is 11.5 Å². The van der Waals surface area contributed by atoms with Gasteiger partial charge < -0.3 is 9.30 Å². The Morgan fingerprint density at radius 3 is 2.59 bits per heavy atom. The first-order valence-corrected chi connectivity index (χ1v) is 12.0. The molecule has 0 N–H and O–H groups in total. The summed E-state index contributed by atoms with van der Waals surface area (Å²) in [6, 6.07) is 10.2. The van der Waals surface area contributed by atoms with E-state index < -0.39 is 15.7 Å². The van der Waals surface area contributed by atoms with Crippen molar-refractivity contribution in [3.8, 4) is 0 Å². The molecular formula is C21H24N2O4S2. The van der Waals surface area contributed by atoms with Crippen molar-refractivity contribution >= 4 is 37.3 Å². The van der Waals surface area contributed by atoms with E-state index >= 15 is 0 Å². The van der Waals surface area contributed by atoms with E-state index in [1.54, 1.807) is 12.1 Å². The topological polar surface area (TPSA) is 77.7 Å². The highest BCUT2D eigenvalue weighted by atomic mass is 32.2. The molecule has 0 bridgehead atoms. The van der Waals surface area contributed by atoms with Crippen molar-refractivity contribution in [2.75, 3.05) is 19.5 Å². The normalized spacial score (nSPS) is 12.6. The van der Waals surface area contributed by atoms with Gasteiger partial charge in [0.1, 0.15) is 0 Å². The average Bonchev–Trinajstić information content (AvgIpc) is 2.98. The highest BCUT2D eigenvalue weighted by Crippen LogP contribution is 2.22. The number of sulfone groups is 1. The number of hydrogen-bond donors (Lipinski definition) is 0. The molecule has 0 aliphatic carbocycles. The van der Waals surface area contributed by atoms with Crippen LogP contribution in [0.3, 0.4) is 0 Å². The lowest BCUT2D eigenvalue weighted by Gasteiger charge is -2.07. The summed E-state index contributed by atoms with van der Waals surface area (Å²) in [4.78, 5) is 17.8. The van der Waals surface area contributed by atoms with Crippen molar-refractivity contribution in [2.45, 2.75) is 32.2 Å². The molecule has 3 aromatic rings. The Labute approximate surface area is 174 Å². The second-order valence-corrected chi connectivity index (χ2v) is 9.88. The van der Waals surface area contributed by atoms with Crippen LogP contribution in [0.4, 0.5) is 0 Å². The fourth-order valence-corrected chi connectivity index (χ4v) is 4.74. The van der Waals surface area contributed by atoms with Gasteiger partial charge in [0.15, 0.2) is 14.6 Å². The molecule has 0 fully saturated rings. The maximum atomic E-state index is 12.8. The van der Waals surface area contributed by atoms with Crippen molar-refractivity contribution in [1.82, 2.24) is 4.57 Å². The van der Waals surface area contributed by atoms with Gasteiger partial charge in [0, 0.05) is 25.0 Å². The van der Waals surface area contributed by atoms with Crippen molar-refractivity contribution in [1.29, 1.82) is 0 Å². The Morgan fingerprint density at radius 1 is 1.17 bits per heavy atom. The number of carbonyl (C=O) groups is 1. The second-order valence-electron chi connectivity index (χ2n) is 6.85. The van der Waals surface area contributed by atoms with E-state index in [0.717, 1.165) is 16.5 Å². The van der Waals surface area contributed by atoms with Gasteiger partial charge in [0.25, 0.3) is 5.91 Å². The smallest absolute Gasteiger partial charge is 0.279 e. The van der Waals surface area contributed by atoms with Crippen LogP contribution in [0.1, 0.15) is 28.4 Å². The highest BCUT2D eigenvalue weighted by molar-refractivity contribution is 7.90. The molecule has 0 aliphatic heterocycles. The lowest BCUT2D eigenvalue weighted by Crippen LogP contribution is -2.20. The van der Waals surface area contributed by atoms with Crippen LogP contribution in [-0.4, -0.2) is 38.4 Å². The monoisotopic (exact) mass is 432 g/mol. The summed E-state index contributed by atoms with van der Waals surface area (Å²) in [7, 11) is -3.40. The number of fused-ring (bicyclic) bond motifs is 1. The molecule has 0 saturated heterocycles. The fourth-order valence-electron chi connectivity index (χ4n) is 2.93. The summed E-state index contributed by atoms with van der Waals surface area (Å²) in [5.74, 6) is -0.472. The van der Waals surface area contributed by atoms with E-state index in [1.165, 1.54) is 34.6 Å². The zero-order valence-electron chi connectivity index (χ0n) is 16.9. The minimum atomic E-state index is -3.40. The molecule has 0 aliphatic rings. The lowest BCUT2D eigenvalue weighted by molar-refractivity contribution is 0.0996. The quantitative estimate of drug-likeness (QED) is 0.559. The number of carbonyl (C=O) groups excluding carboxylic acids is 1. The standard InChI is InChI=1S/C21H24N2O4S2/c1-5-27-10-9-23-18-11-14(2)15(3)12-19(18)28-21(23)22-20(24)16-7-6-8-17(13-16)29(4,25)26/h6-8,11-13H,5,9-10H2,1-4H3. The number of aromatic nitrogens is 1. The van der Waals surface area contributed by atoms with Gasteiger partial charge in [-0.25, -0.2) is 8.42 Å². The van der Waals surface area contributed by atoms with Crippen LogP contribution in [-0.2, 0) is 21.1 Å². The zero-order chi connectivity index (χ0) is 21.2. The Hall–Kier alpha value is -2.29. The number of aryl methyl sites for hydroxylation is 2. The molecule has 6 nitrogen and oxygen atoms in total. The number of ether oxygens (including phenoxy) is 1. The average molecular weight is 433 g/mol. The molecule has 29 heavy (non-hydrogen) atoms. The Bertz CT molecular complexity index is 1240. The van der Waals surface area contributed by atoms with Gasteiger partial charge in [-0.15, -0.1) is 0 Å². The molecule has 0 radical (unpaired) electrons. The minimum absolute atomic E-state index is 0.102. The van der Waals surface area contributed by atoms with Crippen molar-refractivity contribution < 1.29 is 17.9 Å². The van der Waals surface area contributed by atoms with Crippen LogP contribution in [0.15, 0.2) is 46.3 Å². The van der Waals surface area contributed by atoms with E-state index in [-0.39, 0.29) is 10.5 Å². The maximum Gasteiger partial charge on any atom is 0.279 e. The van der Waals surface area contributed by atoms with Gasteiger partial charge in [-0.1, -0.05) is 17.4 Å². The van der Waals surface area contributed by atoms with Crippen LogP contribution in [0.5, 0.6) is 0 Å². The minimum Gasteiger partial charge on any atom is -0.380 e. The first-order chi connectivity index (χ1) is 13.7. The predicted octanol–water partition coefficient (Wildman–Crippen LogP) is 3.50. The van der Waals surface area contributed by atoms with E-state index in [4.69, 9.17) is 4.74 Å². The van der Waals surface area contributed by atoms with Crippen LogP contribution >= 0.6 is 11.3 Å². The van der Waals surface area contributed by atoms with Gasteiger partial charge in [0.05, 0.1) is 21.7 Å². The summed E-state index contributed by atoms with van der Waals surface area (Å²) < 4.78 is 32.1. The Balaban J connectivity index is 2.11. The number of rotatable bonds is 6. The molecule has 1 amide bonds. The number of amides is 1. The fraction of sp³-hybridized carbons (Fsp3) is 0.333. The van der Waals surface area contributed by atoms with Gasteiger partial charge in [0.2, 0.25) is 0 Å². The maximum absolute atomic E-state index is 12.8. The molecule has 8 heteroatoms. The Kier molecular flexibility index (Phi) is 6.36. The van der Waals surface area contributed by atoms with Gasteiger partial charge in [-0.2, -0.15) is 4.99 Å². The first-order valence-electron chi connectivity index (χ1n) is 9.28. The molecule has 3 rings (SSSR count). The molecule has 154 valence electrons. The summed E-state index contributed by atoms with van der Waals surface area (Å²) in [6.07, 6.45) is 1.12. The van der Waals surface area contributed by atoms with Crippen molar-refractivity contribution in [2.24, 2.45) is 4.99 Å². The van der Waals surface area contributed by atoms with Crippen molar-refractivity contribution in [3.05, 3.63) is 57.9 Å². The molecule has 0 saturated carbocycles. The highest BCUT2D eigenvalue weighted by Gasteiger charge is 2.13. The number of hydrogen-bond acceptors (Lipinski definition) is 5. The van der Waals surface area contributed by atoms with Crippen LogP contribution in [0.25, 0.3) is 10.2 Å². The molecule has 2 aromatic carbocycles. The van der Waals surface area contributed by atoms with Crippen LogP contribution < -0.4 is 4.80 Å². The van der Waals surface area contributed by atoms with E-state index in [2.05, 4.69) is 31.0 Å². The third-order valence-corrected chi connectivity index (χ3v) is 6.82. The number of benzene rings is 2. The van der Waals surface area contributed by atoms with Crippen LogP contribution in [0, 0.1) is 13.8 Å². The molecule has 0 spiro atoms. The Morgan fingerprint density at radius 2 is 1.90 bits per heavy atom. The molecular weight excluding hydrogens is 408 g/mol. The molecule has 1 heterocycles. The number of thiazole rings is 1. The van der Waals surface area contributed by atoms with Gasteiger partial charge in [-0.3, -0.25) is 4.79 Å². The predicted molar refractivity (Wildman–Crippen MR) is 115 cm³/mol. The summed E-state index contributed by atoms with van der Waals surface area (Å²) in [5, 5.41) is 0. The summed E-state index contributed by atoms with van der Waals surface area (Å²) in [5.41, 5.74) is 3.59. The SMILES string of the molecule is CCOCCn1c(=NC(=O)c2cccc(S(C)(=O)=O)c2)sc2cc(C)c(C)cc21. The molecule has 1 aromatic heterocycles. The van der Waals surface area contributed by atoms with Crippen LogP contribution in [0.2, 0.25) is 0 Å². The molecule has 0 atom stereocenters. The first kappa shape index (κ1) is 21.4. The summed E-state index contributed by atoms with van der Waals surface area (Å²) in [6.45, 7) is 7.75. The second kappa shape index (κ2) is 8.61. The summed E-state index contributed by atoms with van der Waals surface area (Å²) >= 11 is 1.44. The van der Waals surface area contributed by atoms with Gasteiger partial charge in [-0.05, 0) is 62.2 Å². The van der Waals surface area contributed by atoms with Gasteiger partial charge >= 0.3 is 0 Å². The number of nitrogens with zero attached hydrogens (tertiary/aromatic N) is 2. The lowest BCUT2D eigenvalue weighted by atomic mass is 10.1. The largest absolute Gasteiger partial charge is 0.380 e. The zero-order valence-corrected chi connectivity index (χ0v) is 18.6. The van der Waals surface area contributed by atoms with E-state index in [9.17, 15) is 13.2 Å². The van der Waals surface area contributed by atoms with E-state index in [0.29, 0.717) is 24.6 Å². The third-order valence-electron chi connectivity index (χ3n) is 4.67. The molecule has 0 unspecified atom stereocenters. The third kappa shape index (κ3) is 4.83.